The molecule has 1 N–H and O–H groups in total. The van der Waals surface area contributed by atoms with Gasteiger partial charge in [0.1, 0.15) is 0 Å². The maximum Gasteiger partial charge on any atom is 0.312 e. The number of ether oxygens (including phenoxy) is 1. The Balaban J connectivity index is 1.24. The van der Waals surface area contributed by atoms with Crippen molar-refractivity contribution in [1.82, 2.24) is 5.32 Å². The third kappa shape index (κ3) is 3.87. The number of rotatable bonds is 6. The summed E-state index contributed by atoms with van der Waals surface area (Å²) in [5, 5.41) is 4.12. The first kappa shape index (κ1) is 19.6. The van der Waals surface area contributed by atoms with E-state index in [1.165, 1.54) is 37.7 Å². The average molecular weight is 396 g/mol. The quantitative estimate of drug-likeness (QED) is 0.678. The highest BCUT2D eigenvalue weighted by molar-refractivity contribution is 5.77. The van der Waals surface area contributed by atoms with E-state index < -0.39 is 0 Å². The number of nitrogens with one attached hydrogen (secondary N) is 1. The summed E-state index contributed by atoms with van der Waals surface area (Å²) in [7, 11) is 0. The number of hydrogen-bond donors (Lipinski definition) is 1. The first-order valence-corrected chi connectivity index (χ1v) is 12.1. The molecule has 1 aromatic rings. The number of esters is 1. The van der Waals surface area contributed by atoms with Crippen LogP contribution in [0, 0.1) is 29.1 Å². The lowest BCUT2D eigenvalue weighted by atomic mass is 9.54. The lowest BCUT2D eigenvalue weighted by molar-refractivity contribution is -0.158. The summed E-state index contributed by atoms with van der Waals surface area (Å²) < 4.78 is 5.56. The van der Waals surface area contributed by atoms with Crippen LogP contribution in [-0.2, 0) is 16.0 Å². The van der Waals surface area contributed by atoms with Crippen LogP contribution in [0.25, 0.3) is 0 Å². The molecule has 158 valence electrons. The minimum atomic E-state index is -0.334. The minimum Gasteiger partial charge on any atom is -0.466 e. The van der Waals surface area contributed by atoms with Crippen molar-refractivity contribution in [3.8, 4) is 0 Å². The Morgan fingerprint density at radius 2 is 1.62 bits per heavy atom. The van der Waals surface area contributed by atoms with Gasteiger partial charge in [-0.05, 0) is 100 Å². The molecule has 0 saturated heterocycles. The van der Waals surface area contributed by atoms with Crippen LogP contribution in [0.15, 0.2) is 30.3 Å². The van der Waals surface area contributed by atoms with Gasteiger partial charge in [0.25, 0.3) is 0 Å². The largest absolute Gasteiger partial charge is 0.466 e. The average Bonchev–Trinajstić information content (AvgIpc) is 2.72. The number of carbonyl (C=O) groups is 1. The van der Waals surface area contributed by atoms with E-state index in [0.29, 0.717) is 12.6 Å². The molecule has 1 aromatic carbocycles. The molecule has 0 aliphatic heterocycles. The Morgan fingerprint density at radius 1 is 1.00 bits per heavy atom. The zero-order valence-corrected chi connectivity index (χ0v) is 17.9. The lowest BCUT2D eigenvalue weighted by Gasteiger charge is -2.55. The highest BCUT2D eigenvalue weighted by Crippen LogP contribution is 2.54. The van der Waals surface area contributed by atoms with E-state index in [0.717, 1.165) is 61.8 Å². The Labute approximate surface area is 176 Å². The van der Waals surface area contributed by atoms with Crippen LogP contribution in [0.2, 0.25) is 0 Å². The molecule has 5 aliphatic carbocycles. The lowest BCUT2D eigenvalue weighted by Crippen LogP contribution is -2.57. The van der Waals surface area contributed by atoms with Gasteiger partial charge in [-0.1, -0.05) is 30.3 Å². The van der Waals surface area contributed by atoms with Crippen molar-refractivity contribution in [2.24, 2.45) is 29.1 Å². The minimum absolute atomic E-state index is 0.0249. The van der Waals surface area contributed by atoms with Crippen LogP contribution >= 0.6 is 0 Å². The predicted molar refractivity (Wildman–Crippen MR) is 115 cm³/mol. The Kier molecular flexibility index (Phi) is 5.45. The molecule has 0 amide bonds. The fourth-order valence-corrected chi connectivity index (χ4v) is 7.53. The molecule has 0 unspecified atom stereocenters. The maximum atomic E-state index is 13.0. The second-order valence-electron chi connectivity index (χ2n) is 10.6. The van der Waals surface area contributed by atoms with Crippen LogP contribution in [0.4, 0.5) is 0 Å². The molecule has 0 aromatic heterocycles. The molecular weight excluding hydrogens is 358 g/mol. The van der Waals surface area contributed by atoms with Crippen molar-refractivity contribution in [3.05, 3.63) is 35.9 Å². The van der Waals surface area contributed by atoms with Crippen molar-refractivity contribution < 1.29 is 9.53 Å². The summed E-state index contributed by atoms with van der Waals surface area (Å²) in [6.07, 6.45) is 12.3. The summed E-state index contributed by atoms with van der Waals surface area (Å²) in [4.78, 5) is 13.0. The molecule has 5 aliphatic rings. The monoisotopic (exact) mass is 395 g/mol. The van der Waals surface area contributed by atoms with Crippen LogP contribution in [0.5, 0.6) is 0 Å². The van der Waals surface area contributed by atoms with Crippen molar-refractivity contribution in [3.63, 3.8) is 0 Å². The second-order valence-corrected chi connectivity index (χ2v) is 10.6. The normalized spacial score (nSPS) is 40.7. The third-order valence-electron chi connectivity index (χ3n) is 8.69. The van der Waals surface area contributed by atoms with E-state index in [-0.39, 0.29) is 11.4 Å². The Bertz CT molecular complexity index is 679. The van der Waals surface area contributed by atoms with Gasteiger partial charge in [-0.15, -0.1) is 0 Å². The molecule has 0 spiro atoms. The van der Waals surface area contributed by atoms with E-state index in [1.807, 2.05) is 13.0 Å². The van der Waals surface area contributed by atoms with Crippen molar-refractivity contribution in [1.29, 1.82) is 0 Å². The molecular formula is C26H37NO2. The van der Waals surface area contributed by atoms with Gasteiger partial charge in [0.05, 0.1) is 12.0 Å². The molecule has 4 bridgehead atoms. The predicted octanol–water partition coefficient (Wildman–Crippen LogP) is 5.14. The zero-order valence-electron chi connectivity index (χ0n) is 17.9. The molecule has 29 heavy (non-hydrogen) atoms. The third-order valence-corrected chi connectivity index (χ3v) is 8.69. The van der Waals surface area contributed by atoms with Crippen molar-refractivity contribution >= 4 is 5.97 Å². The summed E-state index contributed by atoms with van der Waals surface area (Å²) in [6.45, 7) is 2.40. The summed E-state index contributed by atoms with van der Waals surface area (Å²) in [6, 6.07) is 11.8. The number of hydrogen-bond acceptors (Lipinski definition) is 3. The van der Waals surface area contributed by atoms with Crippen molar-refractivity contribution in [2.45, 2.75) is 83.2 Å². The fraction of sp³-hybridized carbons (Fsp3) is 0.731. The maximum absolute atomic E-state index is 13.0. The van der Waals surface area contributed by atoms with Crippen LogP contribution in [-0.4, -0.2) is 24.7 Å². The van der Waals surface area contributed by atoms with Gasteiger partial charge in [0.2, 0.25) is 0 Å². The molecule has 0 atom stereocenters. The van der Waals surface area contributed by atoms with Gasteiger partial charge in [-0.25, -0.2) is 0 Å². The van der Waals surface area contributed by atoms with E-state index in [1.54, 1.807) is 0 Å². The molecule has 0 heterocycles. The van der Waals surface area contributed by atoms with Gasteiger partial charge in [-0.3, -0.25) is 4.79 Å². The number of benzene rings is 1. The van der Waals surface area contributed by atoms with Crippen LogP contribution in [0.1, 0.15) is 70.3 Å². The highest BCUT2D eigenvalue weighted by atomic mass is 16.5. The number of carbonyl (C=O) groups excluding carboxylic acids is 1. The fourth-order valence-electron chi connectivity index (χ4n) is 7.53. The van der Waals surface area contributed by atoms with Gasteiger partial charge in [0, 0.05) is 12.1 Å². The van der Waals surface area contributed by atoms with Crippen LogP contribution in [0.3, 0.4) is 0 Å². The first-order chi connectivity index (χ1) is 14.1. The van der Waals surface area contributed by atoms with E-state index in [2.05, 4.69) is 29.6 Å². The topological polar surface area (TPSA) is 38.3 Å². The summed E-state index contributed by atoms with van der Waals surface area (Å²) in [5.74, 6) is 3.94. The first-order valence-electron chi connectivity index (χ1n) is 12.1. The van der Waals surface area contributed by atoms with Crippen molar-refractivity contribution in [2.75, 3.05) is 6.61 Å². The highest BCUT2D eigenvalue weighted by Gasteiger charge is 2.49. The molecule has 3 heteroatoms. The smallest absolute Gasteiger partial charge is 0.312 e. The van der Waals surface area contributed by atoms with Gasteiger partial charge in [-0.2, -0.15) is 0 Å². The molecule has 0 radical (unpaired) electrons. The molecule has 3 nitrogen and oxygen atoms in total. The Hall–Kier alpha value is -1.35. The van der Waals surface area contributed by atoms with Crippen LogP contribution < -0.4 is 5.32 Å². The Morgan fingerprint density at radius 3 is 2.21 bits per heavy atom. The van der Waals surface area contributed by atoms with E-state index in [4.69, 9.17) is 4.74 Å². The van der Waals surface area contributed by atoms with Gasteiger partial charge in [0.15, 0.2) is 0 Å². The molecule has 5 fully saturated rings. The summed E-state index contributed by atoms with van der Waals surface area (Å²) >= 11 is 0. The molecule has 5 saturated carbocycles. The summed E-state index contributed by atoms with van der Waals surface area (Å²) in [5.41, 5.74) is 0.924. The SMILES string of the molecule is CCOC(=O)C1(Cc2ccccc2)CCC(NC2C3CC4CC(C3)CC2C4)CC1. The second kappa shape index (κ2) is 8.06. The van der Waals surface area contributed by atoms with Gasteiger partial charge >= 0.3 is 5.97 Å². The van der Waals surface area contributed by atoms with Gasteiger partial charge < -0.3 is 10.1 Å². The molecule has 6 rings (SSSR count). The zero-order chi connectivity index (χ0) is 19.8. The van der Waals surface area contributed by atoms with E-state index >= 15 is 0 Å². The van der Waals surface area contributed by atoms with E-state index in [9.17, 15) is 4.79 Å². The standard InChI is InChI=1S/C26H37NO2/c1-2-29-25(28)26(17-18-6-4-3-5-7-18)10-8-23(9-11-26)27-24-21-13-19-12-20(15-21)16-22(24)14-19/h3-7,19-24,27H,2,8-17H2,1H3.